The minimum atomic E-state index is -0.799. The molecule has 4 heteroatoms. The molecule has 0 saturated heterocycles. The van der Waals surface area contributed by atoms with Crippen molar-refractivity contribution >= 4 is 5.97 Å². The molecule has 82 valence electrons. The first-order chi connectivity index (χ1) is 6.35. The first kappa shape index (κ1) is 13.1. The molecule has 1 atom stereocenters. The van der Waals surface area contributed by atoms with Crippen LogP contribution in [0.1, 0.15) is 27.7 Å². The molecule has 0 fully saturated rings. The van der Waals surface area contributed by atoms with Gasteiger partial charge in [-0.3, -0.25) is 10.1 Å². The van der Waals surface area contributed by atoms with Crippen LogP contribution in [-0.2, 0) is 9.53 Å². The van der Waals surface area contributed by atoms with E-state index in [1.165, 1.54) is 0 Å². The summed E-state index contributed by atoms with van der Waals surface area (Å²) in [7, 11) is 0. The molecule has 0 rings (SSSR count). The van der Waals surface area contributed by atoms with Crippen molar-refractivity contribution < 1.29 is 14.6 Å². The maximum absolute atomic E-state index is 11.1. The van der Waals surface area contributed by atoms with Gasteiger partial charge in [-0.15, -0.1) is 0 Å². The van der Waals surface area contributed by atoms with Crippen LogP contribution in [0.2, 0.25) is 0 Å². The number of nitrogens with one attached hydrogen (secondary N) is 1. The lowest BCUT2D eigenvalue weighted by molar-refractivity contribution is -0.154. The van der Waals surface area contributed by atoms with E-state index in [2.05, 4.69) is 5.32 Å². The second-order valence-corrected chi connectivity index (χ2v) is 3.94. The zero-order valence-electron chi connectivity index (χ0n) is 9.20. The Morgan fingerprint density at radius 3 is 2.57 bits per heavy atom. The Bertz CT molecular complexity index is 206. The highest BCUT2D eigenvalue weighted by atomic mass is 16.6. The Labute approximate surface area is 85.0 Å². The van der Waals surface area contributed by atoms with Crippen LogP contribution >= 0.6 is 0 Å². The van der Waals surface area contributed by atoms with Gasteiger partial charge in [0.05, 0.1) is 6.54 Å². The average molecular weight is 201 g/mol. The number of carbonyl (C=O) groups excluding carboxylic acids is 1. The normalized spacial score (nSPS) is 14.4. The van der Waals surface area contributed by atoms with Crippen LogP contribution < -0.4 is 5.32 Å². The molecular weight excluding hydrogens is 182 g/mol. The van der Waals surface area contributed by atoms with Gasteiger partial charge in [-0.1, -0.05) is 6.08 Å². The lowest BCUT2D eigenvalue weighted by Gasteiger charge is -2.20. The highest BCUT2D eigenvalue weighted by molar-refractivity contribution is 5.72. The van der Waals surface area contributed by atoms with Crippen LogP contribution in [0.5, 0.6) is 0 Å². The van der Waals surface area contributed by atoms with E-state index in [4.69, 9.17) is 4.74 Å². The van der Waals surface area contributed by atoms with Crippen LogP contribution in [0.25, 0.3) is 0 Å². The summed E-state index contributed by atoms with van der Waals surface area (Å²) < 4.78 is 5.03. The van der Waals surface area contributed by atoms with Crippen molar-refractivity contribution in [2.24, 2.45) is 0 Å². The second-order valence-electron chi connectivity index (χ2n) is 3.94. The lowest BCUT2D eigenvalue weighted by Crippen LogP contribution is -2.36. The van der Waals surface area contributed by atoms with Gasteiger partial charge in [0.15, 0.2) is 0 Å². The molecule has 0 aromatic carbocycles. The van der Waals surface area contributed by atoms with Crippen LogP contribution in [0, 0.1) is 0 Å². The van der Waals surface area contributed by atoms with Gasteiger partial charge in [0.25, 0.3) is 0 Å². The summed E-state index contributed by atoms with van der Waals surface area (Å²) in [6.45, 7) is 7.19. The van der Waals surface area contributed by atoms with E-state index < -0.39 is 11.8 Å². The number of aliphatic hydroxyl groups excluding tert-OH is 1. The van der Waals surface area contributed by atoms with Gasteiger partial charge in [-0.05, 0) is 33.8 Å². The fourth-order valence-corrected chi connectivity index (χ4v) is 0.816. The summed E-state index contributed by atoms with van der Waals surface area (Å²) in [6, 6.07) is 0. The third-order valence-corrected chi connectivity index (χ3v) is 1.25. The van der Waals surface area contributed by atoms with E-state index in [0.717, 1.165) is 0 Å². The Morgan fingerprint density at radius 1 is 1.57 bits per heavy atom. The van der Waals surface area contributed by atoms with E-state index in [1.807, 2.05) is 0 Å². The predicted molar refractivity (Wildman–Crippen MR) is 54.7 cm³/mol. The topological polar surface area (TPSA) is 58.6 Å². The maximum atomic E-state index is 11.1. The minimum Gasteiger partial charge on any atom is -0.459 e. The molecule has 0 radical (unpaired) electrons. The standard InChI is InChI=1S/C10H19NO3/c1-5-6-8(12)11-7-9(13)14-10(2,3)4/h5-6,8,11-12H,7H2,1-4H3/b6-5+. The van der Waals surface area contributed by atoms with Crippen LogP contribution in [-0.4, -0.2) is 29.4 Å². The summed E-state index contributed by atoms with van der Waals surface area (Å²) >= 11 is 0. The number of allylic oxidation sites excluding steroid dienone is 1. The molecule has 0 aliphatic rings. The third-order valence-electron chi connectivity index (χ3n) is 1.25. The first-order valence-corrected chi connectivity index (χ1v) is 4.61. The lowest BCUT2D eigenvalue weighted by atomic mass is 10.2. The zero-order valence-corrected chi connectivity index (χ0v) is 9.20. The van der Waals surface area contributed by atoms with Crippen LogP contribution in [0.15, 0.2) is 12.2 Å². The smallest absolute Gasteiger partial charge is 0.320 e. The highest BCUT2D eigenvalue weighted by Gasteiger charge is 2.16. The van der Waals surface area contributed by atoms with Crippen molar-refractivity contribution in [3.63, 3.8) is 0 Å². The van der Waals surface area contributed by atoms with Gasteiger partial charge in [0, 0.05) is 0 Å². The van der Waals surface area contributed by atoms with Crippen molar-refractivity contribution in [1.29, 1.82) is 0 Å². The molecule has 0 bridgehead atoms. The average Bonchev–Trinajstić information content (AvgIpc) is 1.98. The largest absolute Gasteiger partial charge is 0.459 e. The van der Waals surface area contributed by atoms with Crippen LogP contribution in [0.3, 0.4) is 0 Å². The van der Waals surface area contributed by atoms with Crippen molar-refractivity contribution in [2.45, 2.75) is 39.5 Å². The summed E-state index contributed by atoms with van der Waals surface area (Å²) in [5.41, 5.74) is -0.482. The summed E-state index contributed by atoms with van der Waals surface area (Å²) in [6.07, 6.45) is 2.45. The summed E-state index contributed by atoms with van der Waals surface area (Å²) in [5, 5.41) is 11.8. The van der Waals surface area contributed by atoms with Gasteiger partial charge < -0.3 is 9.84 Å². The van der Waals surface area contributed by atoms with Crippen molar-refractivity contribution in [3.05, 3.63) is 12.2 Å². The zero-order chi connectivity index (χ0) is 11.2. The molecule has 0 aliphatic carbocycles. The van der Waals surface area contributed by atoms with E-state index in [0.29, 0.717) is 0 Å². The SMILES string of the molecule is C/C=C/C(O)NCC(=O)OC(C)(C)C. The van der Waals surface area contributed by atoms with Crippen molar-refractivity contribution in [3.8, 4) is 0 Å². The number of rotatable bonds is 4. The number of aliphatic hydroxyl groups is 1. The molecule has 0 saturated carbocycles. The monoisotopic (exact) mass is 201 g/mol. The molecule has 0 aromatic rings. The van der Waals surface area contributed by atoms with E-state index in [-0.39, 0.29) is 12.5 Å². The van der Waals surface area contributed by atoms with Gasteiger partial charge >= 0.3 is 5.97 Å². The maximum Gasteiger partial charge on any atom is 0.320 e. The van der Waals surface area contributed by atoms with E-state index >= 15 is 0 Å². The number of carbonyl (C=O) groups is 1. The van der Waals surface area contributed by atoms with E-state index in [1.54, 1.807) is 39.8 Å². The minimum absolute atomic E-state index is 0.00275. The van der Waals surface area contributed by atoms with Crippen molar-refractivity contribution in [1.82, 2.24) is 5.32 Å². The predicted octanol–water partition coefficient (Wildman–Crippen LogP) is 0.812. The Kier molecular flexibility index (Phi) is 5.42. The van der Waals surface area contributed by atoms with Gasteiger partial charge in [-0.25, -0.2) is 0 Å². The molecule has 0 spiro atoms. The van der Waals surface area contributed by atoms with Crippen molar-refractivity contribution in [2.75, 3.05) is 6.54 Å². The van der Waals surface area contributed by atoms with Gasteiger partial charge in [-0.2, -0.15) is 0 Å². The second kappa shape index (κ2) is 5.78. The number of hydrogen-bond acceptors (Lipinski definition) is 4. The summed E-state index contributed by atoms with van der Waals surface area (Å²) in [5.74, 6) is -0.374. The fraction of sp³-hybridized carbons (Fsp3) is 0.700. The van der Waals surface area contributed by atoms with E-state index in [9.17, 15) is 9.90 Å². The number of hydrogen-bond donors (Lipinski definition) is 2. The molecule has 1 unspecified atom stereocenters. The third kappa shape index (κ3) is 7.76. The van der Waals surface area contributed by atoms with Gasteiger partial charge in [0.2, 0.25) is 0 Å². The molecule has 0 aliphatic heterocycles. The first-order valence-electron chi connectivity index (χ1n) is 4.61. The number of esters is 1. The highest BCUT2D eigenvalue weighted by Crippen LogP contribution is 2.06. The molecule has 4 nitrogen and oxygen atoms in total. The fourth-order valence-electron chi connectivity index (χ4n) is 0.816. The van der Waals surface area contributed by atoms with Crippen LogP contribution in [0.4, 0.5) is 0 Å². The molecule has 0 aromatic heterocycles. The molecule has 14 heavy (non-hydrogen) atoms. The van der Waals surface area contributed by atoms with Gasteiger partial charge in [0.1, 0.15) is 11.8 Å². The Hall–Kier alpha value is -0.870. The summed E-state index contributed by atoms with van der Waals surface area (Å²) in [4.78, 5) is 11.1. The Balaban J connectivity index is 3.75. The number of ether oxygens (including phenoxy) is 1. The molecule has 0 amide bonds. The quantitative estimate of drug-likeness (QED) is 0.401. The molecule has 2 N–H and O–H groups in total. The molecule has 0 heterocycles. The Morgan fingerprint density at radius 2 is 2.14 bits per heavy atom. The molecular formula is C10H19NO3.